The zero-order chi connectivity index (χ0) is 21.5. The summed E-state index contributed by atoms with van der Waals surface area (Å²) in [6.07, 6.45) is 0. The van der Waals surface area contributed by atoms with Crippen molar-refractivity contribution in [1.82, 2.24) is 20.4 Å². The SMILES string of the molecule is COc1ccc(-c2nnc(SCC(=O)NCC(c3ccc(C)cc3)N(C)C)o2)cc1. The summed E-state index contributed by atoms with van der Waals surface area (Å²) in [6, 6.07) is 15.8. The first-order chi connectivity index (χ1) is 14.5. The minimum Gasteiger partial charge on any atom is -0.497 e. The van der Waals surface area contributed by atoms with Crippen LogP contribution in [-0.2, 0) is 4.79 Å². The van der Waals surface area contributed by atoms with E-state index in [0.717, 1.165) is 11.3 Å². The molecule has 1 unspecified atom stereocenters. The summed E-state index contributed by atoms with van der Waals surface area (Å²) in [4.78, 5) is 14.4. The zero-order valence-corrected chi connectivity index (χ0v) is 18.4. The van der Waals surface area contributed by atoms with E-state index in [0.29, 0.717) is 17.7 Å². The number of carbonyl (C=O) groups is 1. The zero-order valence-electron chi connectivity index (χ0n) is 17.6. The normalized spacial score (nSPS) is 12.0. The van der Waals surface area contributed by atoms with Gasteiger partial charge in [-0.3, -0.25) is 4.79 Å². The maximum Gasteiger partial charge on any atom is 0.277 e. The molecule has 1 atom stereocenters. The van der Waals surface area contributed by atoms with Crippen LogP contribution in [0.2, 0.25) is 0 Å². The molecule has 158 valence electrons. The van der Waals surface area contributed by atoms with Gasteiger partial charge in [0.1, 0.15) is 5.75 Å². The van der Waals surface area contributed by atoms with E-state index < -0.39 is 0 Å². The van der Waals surface area contributed by atoms with Crippen LogP contribution in [0.3, 0.4) is 0 Å². The molecule has 0 radical (unpaired) electrons. The minimum atomic E-state index is -0.0804. The minimum absolute atomic E-state index is 0.0804. The highest BCUT2D eigenvalue weighted by Crippen LogP contribution is 2.25. The molecule has 8 heteroatoms. The van der Waals surface area contributed by atoms with E-state index >= 15 is 0 Å². The predicted molar refractivity (Wildman–Crippen MR) is 118 cm³/mol. The Kier molecular flexibility index (Phi) is 7.48. The Morgan fingerprint density at radius 3 is 2.47 bits per heavy atom. The molecule has 1 heterocycles. The van der Waals surface area contributed by atoms with Crippen LogP contribution in [0.1, 0.15) is 17.2 Å². The number of nitrogens with one attached hydrogen (secondary N) is 1. The van der Waals surface area contributed by atoms with Gasteiger partial charge in [0.15, 0.2) is 0 Å². The van der Waals surface area contributed by atoms with Crippen molar-refractivity contribution < 1.29 is 13.9 Å². The van der Waals surface area contributed by atoms with Gasteiger partial charge in [0.05, 0.1) is 18.9 Å². The number of methoxy groups -OCH3 is 1. The molecule has 1 N–H and O–H groups in total. The largest absolute Gasteiger partial charge is 0.497 e. The Balaban J connectivity index is 1.51. The van der Waals surface area contributed by atoms with Gasteiger partial charge in [-0.25, -0.2) is 0 Å². The van der Waals surface area contributed by atoms with Gasteiger partial charge >= 0.3 is 0 Å². The third kappa shape index (κ3) is 5.84. The summed E-state index contributed by atoms with van der Waals surface area (Å²) < 4.78 is 10.8. The molecule has 7 nitrogen and oxygen atoms in total. The number of thioether (sulfide) groups is 1. The van der Waals surface area contributed by atoms with Gasteiger partial charge in [0, 0.05) is 12.1 Å². The highest BCUT2D eigenvalue weighted by molar-refractivity contribution is 7.99. The van der Waals surface area contributed by atoms with E-state index in [4.69, 9.17) is 9.15 Å². The van der Waals surface area contributed by atoms with E-state index in [2.05, 4.69) is 51.6 Å². The van der Waals surface area contributed by atoms with Gasteiger partial charge in [0.2, 0.25) is 11.8 Å². The Morgan fingerprint density at radius 1 is 1.13 bits per heavy atom. The van der Waals surface area contributed by atoms with Gasteiger partial charge in [-0.2, -0.15) is 0 Å². The van der Waals surface area contributed by atoms with E-state index in [-0.39, 0.29) is 17.7 Å². The van der Waals surface area contributed by atoms with E-state index in [1.807, 2.05) is 38.4 Å². The lowest BCUT2D eigenvalue weighted by atomic mass is 10.0. The van der Waals surface area contributed by atoms with Gasteiger partial charge in [-0.05, 0) is 50.8 Å². The molecule has 1 amide bonds. The molecule has 0 saturated carbocycles. The second-order valence-electron chi connectivity index (χ2n) is 7.08. The van der Waals surface area contributed by atoms with Crippen molar-refractivity contribution >= 4 is 17.7 Å². The number of ether oxygens (including phenoxy) is 1. The number of amides is 1. The molecular formula is C22H26N4O3S. The summed E-state index contributed by atoms with van der Waals surface area (Å²) >= 11 is 1.22. The van der Waals surface area contributed by atoms with Crippen LogP contribution in [-0.4, -0.2) is 54.5 Å². The van der Waals surface area contributed by atoms with Crippen molar-refractivity contribution in [3.05, 3.63) is 59.7 Å². The highest BCUT2D eigenvalue weighted by Gasteiger charge is 2.16. The first-order valence-corrected chi connectivity index (χ1v) is 10.5. The number of nitrogens with zero attached hydrogens (tertiary/aromatic N) is 3. The van der Waals surface area contributed by atoms with Gasteiger partial charge in [0.25, 0.3) is 5.22 Å². The quantitative estimate of drug-likeness (QED) is 0.524. The summed E-state index contributed by atoms with van der Waals surface area (Å²) in [5.41, 5.74) is 3.18. The Labute approximate surface area is 180 Å². The second-order valence-corrected chi connectivity index (χ2v) is 8.01. The van der Waals surface area contributed by atoms with Crippen molar-refractivity contribution in [2.75, 3.05) is 33.5 Å². The average Bonchev–Trinajstić information content (AvgIpc) is 3.22. The maximum atomic E-state index is 12.3. The number of likely N-dealkylation sites (N-methyl/N-ethyl adjacent to an activating group) is 1. The molecule has 0 saturated heterocycles. The van der Waals surface area contributed by atoms with E-state index in [1.165, 1.54) is 22.9 Å². The van der Waals surface area contributed by atoms with Crippen molar-refractivity contribution in [3.8, 4) is 17.2 Å². The summed E-state index contributed by atoms with van der Waals surface area (Å²) in [6.45, 7) is 2.58. The number of hydrogen-bond acceptors (Lipinski definition) is 7. The second kappa shape index (κ2) is 10.3. The molecule has 0 aliphatic rings. The van der Waals surface area contributed by atoms with Crippen molar-refractivity contribution in [1.29, 1.82) is 0 Å². The monoisotopic (exact) mass is 426 g/mol. The van der Waals surface area contributed by atoms with Gasteiger partial charge in [-0.15, -0.1) is 10.2 Å². The lowest BCUT2D eigenvalue weighted by molar-refractivity contribution is -0.118. The van der Waals surface area contributed by atoms with Gasteiger partial charge < -0.3 is 19.4 Å². The molecule has 3 rings (SSSR count). The van der Waals surface area contributed by atoms with Crippen LogP contribution in [0.4, 0.5) is 0 Å². The van der Waals surface area contributed by atoms with Gasteiger partial charge in [-0.1, -0.05) is 41.6 Å². The molecule has 3 aromatic rings. The number of aromatic nitrogens is 2. The number of benzene rings is 2. The lowest BCUT2D eigenvalue weighted by Crippen LogP contribution is -2.35. The third-order valence-electron chi connectivity index (χ3n) is 4.65. The topological polar surface area (TPSA) is 80.5 Å². The molecule has 0 fully saturated rings. The summed E-state index contributed by atoms with van der Waals surface area (Å²) in [7, 11) is 5.62. The van der Waals surface area contributed by atoms with E-state index in [1.54, 1.807) is 7.11 Å². The smallest absolute Gasteiger partial charge is 0.277 e. The van der Waals surface area contributed by atoms with Crippen LogP contribution < -0.4 is 10.1 Å². The van der Waals surface area contributed by atoms with Crippen molar-refractivity contribution in [3.63, 3.8) is 0 Å². The summed E-state index contributed by atoms with van der Waals surface area (Å²) in [5.74, 6) is 1.29. The lowest BCUT2D eigenvalue weighted by Gasteiger charge is -2.25. The van der Waals surface area contributed by atoms with Crippen LogP contribution in [0.15, 0.2) is 58.2 Å². The van der Waals surface area contributed by atoms with E-state index in [9.17, 15) is 4.79 Å². The highest BCUT2D eigenvalue weighted by atomic mass is 32.2. The van der Waals surface area contributed by atoms with Crippen LogP contribution in [0, 0.1) is 6.92 Å². The molecule has 0 bridgehead atoms. The molecule has 0 aliphatic carbocycles. The first-order valence-electron chi connectivity index (χ1n) is 9.56. The predicted octanol–water partition coefficient (Wildman–Crippen LogP) is 3.56. The summed E-state index contributed by atoms with van der Waals surface area (Å²) in [5, 5.41) is 11.4. The Hall–Kier alpha value is -2.84. The van der Waals surface area contributed by atoms with Crippen LogP contribution in [0.5, 0.6) is 5.75 Å². The van der Waals surface area contributed by atoms with Crippen LogP contribution in [0.25, 0.3) is 11.5 Å². The molecule has 0 spiro atoms. The third-order valence-corrected chi connectivity index (χ3v) is 5.47. The fraction of sp³-hybridized carbons (Fsp3) is 0.318. The van der Waals surface area contributed by atoms with Crippen molar-refractivity contribution in [2.24, 2.45) is 0 Å². The fourth-order valence-electron chi connectivity index (χ4n) is 2.89. The Morgan fingerprint density at radius 2 is 1.83 bits per heavy atom. The first kappa shape index (κ1) is 21.9. The molecular weight excluding hydrogens is 400 g/mol. The molecule has 1 aromatic heterocycles. The number of aryl methyl sites for hydroxylation is 1. The Bertz CT molecular complexity index is 955. The number of hydrogen-bond donors (Lipinski definition) is 1. The fourth-order valence-corrected chi connectivity index (χ4v) is 3.49. The number of rotatable bonds is 9. The molecule has 2 aromatic carbocycles. The molecule has 30 heavy (non-hydrogen) atoms. The van der Waals surface area contributed by atoms with Crippen molar-refractivity contribution in [2.45, 2.75) is 18.2 Å². The van der Waals surface area contributed by atoms with Crippen LogP contribution >= 0.6 is 11.8 Å². The molecule has 0 aliphatic heterocycles. The standard InChI is InChI=1S/C22H26N4O3S/c1-15-5-7-16(8-6-15)19(26(2)3)13-23-20(27)14-30-22-25-24-21(29-22)17-9-11-18(28-4)12-10-17/h5-12,19H,13-14H2,1-4H3,(H,23,27). The average molecular weight is 427 g/mol. The maximum absolute atomic E-state index is 12.3. The number of carbonyl (C=O) groups excluding carboxylic acids is 1.